The zero-order valence-corrected chi connectivity index (χ0v) is 12.0. The highest BCUT2D eigenvalue weighted by Gasteiger charge is 2.15. The van der Waals surface area contributed by atoms with Crippen LogP contribution in [0.1, 0.15) is 15.9 Å². The van der Waals surface area contributed by atoms with Gasteiger partial charge >= 0.3 is 0 Å². The summed E-state index contributed by atoms with van der Waals surface area (Å²) in [5.74, 6) is 0.0896. The normalized spacial score (nSPS) is 10.7. The zero-order valence-electron chi connectivity index (χ0n) is 11.2. The van der Waals surface area contributed by atoms with Gasteiger partial charge in [-0.05, 0) is 29.2 Å². The van der Waals surface area contributed by atoms with Gasteiger partial charge in [0.05, 0.1) is 0 Å². The summed E-state index contributed by atoms with van der Waals surface area (Å²) in [5, 5.41) is 2.11. The van der Waals surface area contributed by atoms with Gasteiger partial charge in [0.25, 0.3) is 0 Å². The molecule has 1 nitrogen and oxygen atoms in total. The molecule has 0 saturated carbocycles. The highest BCUT2D eigenvalue weighted by atomic mass is 32.2. The molecule has 0 radical (unpaired) electrons. The van der Waals surface area contributed by atoms with Gasteiger partial charge in [-0.25, -0.2) is 0 Å². The Morgan fingerprint density at radius 3 is 2.30 bits per heavy atom. The molecule has 3 aromatic carbocycles. The Morgan fingerprint density at radius 1 is 0.800 bits per heavy atom. The van der Waals surface area contributed by atoms with Crippen LogP contribution in [0.15, 0.2) is 71.6 Å². The maximum Gasteiger partial charge on any atom is 0.194 e. The predicted octanol–water partition coefficient (Wildman–Crippen LogP) is 4.79. The van der Waals surface area contributed by atoms with E-state index in [1.165, 1.54) is 0 Å². The smallest absolute Gasteiger partial charge is 0.194 e. The summed E-state index contributed by atoms with van der Waals surface area (Å²) in [7, 11) is 0. The second-order valence-electron chi connectivity index (χ2n) is 4.56. The Bertz CT molecular complexity index is 772. The Labute approximate surface area is 122 Å². The molecule has 0 spiro atoms. The molecule has 20 heavy (non-hydrogen) atoms. The molecule has 0 aliphatic heterocycles. The first kappa shape index (κ1) is 12.9. The summed E-state index contributed by atoms with van der Waals surface area (Å²) >= 11 is 1.60. The SMILES string of the molecule is CSc1ccccc1C(=O)c1cccc2ccccc12. The molecular weight excluding hydrogens is 264 g/mol. The van der Waals surface area contributed by atoms with Crippen LogP contribution in [0.2, 0.25) is 0 Å². The Morgan fingerprint density at radius 2 is 1.45 bits per heavy atom. The van der Waals surface area contributed by atoms with Crippen LogP contribution in [0.25, 0.3) is 10.8 Å². The first-order chi connectivity index (χ1) is 9.81. The number of thioether (sulfide) groups is 1. The van der Waals surface area contributed by atoms with E-state index in [9.17, 15) is 4.79 Å². The minimum absolute atomic E-state index is 0.0896. The molecule has 0 aliphatic carbocycles. The van der Waals surface area contributed by atoms with E-state index in [0.717, 1.165) is 26.8 Å². The first-order valence-corrected chi connectivity index (χ1v) is 7.69. The van der Waals surface area contributed by atoms with E-state index in [-0.39, 0.29) is 5.78 Å². The zero-order chi connectivity index (χ0) is 13.9. The van der Waals surface area contributed by atoms with Crippen LogP contribution in [-0.4, -0.2) is 12.0 Å². The molecule has 0 N–H and O–H groups in total. The largest absolute Gasteiger partial charge is 0.289 e. The molecule has 0 heterocycles. The summed E-state index contributed by atoms with van der Waals surface area (Å²) in [5.41, 5.74) is 1.54. The lowest BCUT2D eigenvalue weighted by atomic mass is 9.97. The number of hydrogen-bond acceptors (Lipinski definition) is 2. The Kier molecular flexibility index (Phi) is 3.57. The lowest BCUT2D eigenvalue weighted by molar-refractivity contribution is 0.103. The van der Waals surface area contributed by atoms with E-state index < -0.39 is 0 Å². The van der Waals surface area contributed by atoms with E-state index in [0.29, 0.717) is 0 Å². The Hall–Kier alpha value is -2.06. The van der Waals surface area contributed by atoms with Gasteiger partial charge in [-0.2, -0.15) is 0 Å². The molecule has 0 amide bonds. The molecule has 0 unspecified atom stereocenters. The lowest BCUT2D eigenvalue weighted by Crippen LogP contribution is -2.03. The number of fused-ring (bicyclic) bond motifs is 1. The fourth-order valence-electron chi connectivity index (χ4n) is 2.40. The number of carbonyl (C=O) groups excluding carboxylic acids is 1. The van der Waals surface area contributed by atoms with Gasteiger partial charge in [0.2, 0.25) is 0 Å². The van der Waals surface area contributed by atoms with Crippen LogP contribution in [0, 0.1) is 0 Å². The molecule has 98 valence electrons. The third-order valence-corrected chi connectivity index (χ3v) is 4.18. The molecule has 0 bridgehead atoms. The summed E-state index contributed by atoms with van der Waals surface area (Å²) < 4.78 is 0. The topological polar surface area (TPSA) is 17.1 Å². The predicted molar refractivity (Wildman–Crippen MR) is 85.6 cm³/mol. The first-order valence-electron chi connectivity index (χ1n) is 6.47. The molecule has 3 rings (SSSR count). The third-order valence-electron chi connectivity index (χ3n) is 3.39. The van der Waals surface area contributed by atoms with Crippen molar-refractivity contribution in [3.8, 4) is 0 Å². The van der Waals surface area contributed by atoms with Gasteiger partial charge in [-0.3, -0.25) is 4.79 Å². The van der Waals surface area contributed by atoms with Crippen molar-refractivity contribution in [1.82, 2.24) is 0 Å². The van der Waals surface area contributed by atoms with E-state index >= 15 is 0 Å². The van der Waals surface area contributed by atoms with Crippen molar-refractivity contribution in [3.05, 3.63) is 77.9 Å². The number of ketones is 1. The number of carbonyl (C=O) groups is 1. The fourth-order valence-corrected chi connectivity index (χ4v) is 3.00. The van der Waals surface area contributed by atoms with Gasteiger partial charge in [-0.1, -0.05) is 54.6 Å². The van der Waals surface area contributed by atoms with E-state index in [4.69, 9.17) is 0 Å². The molecular formula is C18H14OS. The minimum atomic E-state index is 0.0896. The van der Waals surface area contributed by atoms with Crippen LogP contribution in [0.4, 0.5) is 0 Å². The number of rotatable bonds is 3. The molecule has 0 atom stereocenters. The molecule has 0 aliphatic rings. The quantitative estimate of drug-likeness (QED) is 0.506. The van der Waals surface area contributed by atoms with Crippen molar-refractivity contribution in [3.63, 3.8) is 0 Å². The maximum absolute atomic E-state index is 12.8. The maximum atomic E-state index is 12.8. The van der Waals surface area contributed by atoms with Gasteiger partial charge < -0.3 is 0 Å². The second-order valence-corrected chi connectivity index (χ2v) is 5.40. The van der Waals surface area contributed by atoms with Gasteiger partial charge in [0, 0.05) is 16.0 Å². The van der Waals surface area contributed by atoms with Crippen molar-refractivity contribution < 1.29 is 4.79 Å². The molecule has 0 fully saturated rings. The van der Waals surface area contributed by atoms with Crippen LogP contribution in [0.3, 0.4) is 0 Å². The monoisotopic (exact) mass is 278 g/mol. The van der Waals surface area contributed by atoms with Crippen LogP contribution in [-0.2, 0) is 0 Å². The third kappa shape index (κ3) is 2.23. The highest BCUT2D eigenvalue weighted by molar-refractivity contribution is 7.98. The van der Waals surface area contributed by atoms with E-state index in [2.05, 4.69) is 0 Å². The van der Waals surface area contributed by atoms with Gasteiger partial charge in [0.1, 0.15) is 0 Å². The molecule has 0 saturated heterocycles. The van der Waals surface area contributed by atoms with Crippen LogP contribution < -0.4 is 0 Å². The average Bonchev–Trinajstić information content (AvgIpc) is 2.53. The van der Waals surface area contributed by atoms with Crippen molar-refractivity contribution in [2.45, 2.75) is 4.90 Å². The van der Waals surface area contributed by atoms with E-state index in [1.807, 2.05) is 73.0 Å². The highest BCUT2D eigenvalue weighted by Crippen LogP contribution is 2.26. The molecule has 0 aromatic heterocycles. The molecule has 2 heteroatoms. The summed E-state index contributed by atoms with van der Waals surface area (Å²) in [4.78, 5) is 13.8. The van der Waals surface area contributed by atoms with Gasteiger partial charge in [0.15, 0.2) is 5.78 Å². The number of hydrogen-bond donors (Lipinski definition) is 0. The van der Waals surface area contributed by atoms with Gasteiger partial charge in [-0.15, -0.1) is 11.8 Å². The summed E-state index contributed by atoms with van der Waals surface area (Å²) in [6.07, 6.45) is 2.00. The van der Waals surface area contributed by atoms with Crippen LogP contribution >= 0.6 is 11.8 Å². The summed E-state index contributed by atoms with van der Waals surface area (Å²) in [6, 6.07) is 21.7. The second kappa shape index (κ2) is 5.51. The van der Waals surface area contributed by atoms with Crippen molar-refractivity contribution in [2.75, 3.05) is 6.26 Å². The standard InChI is InChI=1S/C18H14OS/c1-20-17-12-5-4-10-16(17)18(19)15-11-6-8-13-7-2-3-9-14(13)15/h2-12H,1H3. The van der Waals surface area contributed by atoms with Crippen molar-refractivity contribution in [1.29, 1.82) is 0 Å². The lowest BCUT2D eigenvalue weighted by Gasteiger charge is -2.08. The number of benzene rings is 3. The fraction of sp³-hybridized carbons (Fsp3) is 0.0556. The van der Waals surface area contributed by atoms with Crippen molar-refractivity contribution in [2.24, 2.45) is 0 Å². The van der Waals surface area contributed by atoms with E-state index in [1.54, 1.807) is 11.8 Å². The average molecular weight is 278 g/mol. The Balaban J connectivity index is 2.18. The minimum Gasteiger partial charge on any atom is -0.289 e. The van der Waals surface area contributed by atoms with Crippen LogP contribution in [0.5, 0.6) is 0 Å². The summed E-state index contributed by atoms with van der Waals surface area (Å²) in [6.45, 7) is 0. The van der Waals surface area contributed by atoms with Crippen molar-refractivity contribution >= 4 is 28.3 Å². The molecule has 3 aromatic rings.